The van der Waals surface area contributed by atoms with Crippen molar-refractivity contribution in [1.82, 2.24) is 4.90 Å². The van der Waals surface area contributed by atoms with E-state index in [0.717, 1.165) is 17.7 Å². The third-order valence-electron chi connectivity index (χ3n) is 5.76. The highest BCUT2D eigenvalue weighted by Crippen LogP contribution is 2.35. The lowest BCUT2D eigenvalue weighted by Crippen LogP contribution is -2.36. The predicted molar refractivity (Wildman–Crippen MR) is 136 cm³/mol. The summed E-state index contributed by atoms with van der Waals surface area (Å²) < 4.78 is 51.3. The molecule has 37 heavy (non-hydrogen) atoms. The molecular weight excluding hydrogens is 507 g/mol. The van der Waals surface area contributed by atoms with Crippen molar-refractivity contribution in [2.75, 3.05) is 13.2 Å². The van der Waals surface area contributed by atoms with Gasteiger partial charge >= 0.3 is 12.1 Å². The molecule has 0 spiro atoms. The van der Waals surface area contributed by atoms with Crippen molar-refractivity contribution in [2.45, 2.75) is 46.0 Å². The lowest BCUT2D eigenvalue weighted by Gasteiger charge is -2.28. The van der Waals surface area contributed by atoms with Crippen LogP contribution in [0, 0.1) is 0 Å². The zero-order valence-corrected chi connectivity index (χ0v) is 21.4. The molecule has 0 aliphatic heterocycles. The summed E-state index contributed by atoms with van der Waals surface area (Å²) in [7, 11) is 0. The normalized spacial score (nSPS) is 12.5. The number of ether oxygens (including phenoxy) is 2. The first kappa shape index (κ1) is 28.7. The van der Waals surface area contributed by atoms with Gasteiger partial charge in [-0.3, -0.25) is 9.69 Å². The topological polar surface area (TPSA) is 59.0 Å². The fourth-order valence-electron chi connectivity index (χ4n) is 3.84. The molecule has 0 bridgehead atoms. The Morgan fingerprint density at radius 2 is 1.76 bits per heavy atom. The molecule has 1 unspecified atom stereocenters. The molecule has 1 N–H and O–H groups in total. The summed E-state index contributed by atoms with van der Waals surface area (Å²) >= 11 is 6.27. The maximum absolute atomic E-state index is 13.6. The van der Waals surface area contributed by atoms with Crippen LogP contribution in [-0.2, 0) is 40.0 Å². The Hall–Kier alpha value is -2.91. The minimum absolute atomic E-state index is 0.0124. The average Bonchev–Trinajstić information content (AvgIpc) is 2.87. The standard InChI is InChI=1S/C28H29ClF3NO4/c1-3-33(27(35)37-18-19-8-6-5-7-9-19)17-22-15-23(28(30,31)32)11-12-24(22)20-10-13-25(29)21(14-20)16-26(34)36-4-2/h5-15,27,35H,3-4,16-18H2,1-2H3. The van der Waals surface area contributed by atoms with E-state index in [2.05, 4.69) is 0 Å². The van der Waals surface area contributed by atoms with Gasteiger partial charge < -0.3 is 14.6 Å². The summed E-state index contributed by atoms with van der Waals surface area (Å²) in [5.74, 6) is -0.454. The number of esters is 1. The van der Waals surface area contributed by atoms with Gasteiger partial charge in [0.1, 0.15) is 0 Å². The van der Waals surface area contributed by atoms with Crippen LogP contribution in [0.15, 0.2) is 66.7 Å². The Morgan fingerprint density at radius 1 is 1.03 bits per heavy atom. The first-order valence-electron chi connectivity index (χ1n) is 11.8. The lowest BCUT2D eigenvalue weighted by molar-refractivity contribution is -0.202. The Bertz CT molecular complexity index is 1190. The van der Waals surface area contributed by atoms with Crippen LogP contribution >= 0.6 is 11.6 Å². The first-order valence-corrected chi connectivity index (χ1v) is 12.2. The number of aliphatic hydroxyl groups excluding tert-OH is 1. The molecule has 0 heterocycles. The summed E-state index contributed by atoms with van der Waals surface area (Å²) in [4.78, 5) is 13.5. The number of carbonyl (C=O) groups excluding carboxylic acids is 1. The quantitative estimate of drug-likeness (QED) is 0.226. The van der Waals surface area contributed by atoms with Crippen molar-refractivity contribution in [2.24, 2.45) is 0 Å². The van der Waals surface area contributed by atoms with Gasteiger partial charge in [-0.25, -0.2) is 0 Å². The predicted octanol–water partition coefficient (Wildman–Crippen LogP) is 6.45. The molecule has 198 valence electrons. The summed E-state index contributed by atoms with van der Waals surface area (Å²) in [5.41, 5.74) is 1.99. The molecule has 0 aromatic heterocycles. The molecule has 0 radical (unpaired) electrons. The zero-order chi connectivity index (χ0) is 27.0. The maximum atomic E-state index is 13.6. The second-order valence-electron chi connectivity index (χ2n) is 8.34. The molecule has 1 atom stereocenters. The van der Waals surface area contributed by atoms with Crippen molar-refractivity contribution >= 4 is 17.6 Å². The average molecular weight is 536 g/mol. The number of rotatable bonds is 11. The molecule has 0 aliphatic rings. The number of alkyl halides is 3. The van der Waals surface area contributed by atoms with E-state index >= 15 is 0 Å². The molecule has 0 saturated heterocycles. The summed E-state index contributed by atoms with van der Waals surface area (Å²) in [6.45, 7) is 4.15. The second-order valence-corrected chi connectivity index (χ2v) is 8.75. The summed E-state index contributed by atoms with van der Waals surface area (Å²) in [6.07, 6.45) is -5.94. The van der Waals surface area contributed by atoms with Crippen LogP contribution in [0.1, 0.15) is 36.1 Å². The minimum Gasteiger partial charge on any atom is -0.466 e. The Labute approximate surface area is 219 Å². The van der Waals surface area contributed by atoms with Crippen LogP contribution < -0.4 is 0 Å². The van der Waals surface area contributed by atoms with Gasteiger partial charge in [-0.05, 0) is 59.0 Å². The van der Waals surface area contributed by atoms with E-state index in [1.54, 1.807) is 32.0 Å². The van der Waals surface area contributed by atoms with E-state index in [0.29, 0.717) is 33.8 Å². The zero-order valence-electron chi connectivity index (χ0n) is 20.6. The fourth-order valence-corrected chi connectivity index (χ4v) is 4.03. The van der Waals surface area contributed by atoms with E-state index < -0.39 is 24.1 Å². The first-order chi connectivity index (χ1) is 17.6. The Kier molecular flexibility index (Phi) is 10.1. The van der Waals surface area contributed by atoms with Crippen LogP contribution in [0.25, 0.3) is 11.1 Å². The van der Waals surface area contributed by atoms with Gasteiger partial charge in [0.2, 0.25) is 6.41 Å². The largest absolute Gasteiger partial charge is 0.466 e. The maximum Gasteiger partial charge on any atom is 0.416 e. The van der Waals surface area contributed by atoms with E-state index in [1.807, 2.05) is 30.3 Å². The van der Waals surface area contributed by atoms with Crippen molar-refractivity contribution in [3.63, 3.8) is 0 Å². The second kappa shape index (κ2) is 13.1. The van der Waals surface area contributed by atoms with E-state index in [9.17, 15) is 23.1 Å². The van der Waals surface area contributed by atoms with Crippen molar-refractivity contribution in [1.29, 1.82) is 0 Å². The van der Waals surface area contributed by atoms with Crippen LogP contribution in [-0.4, -0.2) is 35.5 Å². The summed E-state index contributed by atoms with van der Waals surface area (Å²) in [5, 5.41) is 11.0. The highest BCUT2D eigenvalue weighted by molar-refractivity contribution is 6.31. The monoisotopic (exact) mass is 535 g/mol. The number of benzene rings is 3. The highest BCUT2D eigenvalue weighted by Gasteiger charge is 2.31. The van der Waals surface area contributed by atoms with Crippen LogP contribution in [0.4, 0.5) is 13.2 Å². The third-order valence-corrected chi connectivity index (χ3v) is 6.13. The number of hydrogen-bond donors (Lipinski definition) is 1. The molecule has 0 aliphatic carbocycles. The number of aliphatic hydroxyl groups is 1. The minimum atomic E-state index is -4.54. The SMILES string of the molecule is CCOC(=O)Cc1cc(-c2ccc(C(F)(F)F)cc2CN(CC)C(O)OCc2ccccc2)ccc1Cl. The Balaban J connectivity index is 1.92. The van der Waals surface area contributed by atoms with Gasteiger partial charge in [0.15, 0.2) is 0 Å². The van der Waals surface area contributed by atoms with Crippen molar-refractivity contribution < 1.29 is 32.5 Å². The smallest absolute Gasteiger partial charge is 0.416 e. The number of hydrogen-bond acceptors (Lipinski definition) is 5. The van der Waals surface area contributed by atoms with E-state index in [1.165, 1.54) is 11.0 Å². The van der Waals surface area contributed by atoms with Crippen molar-refractivity contribution in [3.05, 3.63) is 94.0 Å². The van der Waals surface area contributed by atoms with E-state index in [-0.39, 0.29) is 26.2 Å². The van der Waals surface area contributed by atoms with Crippen LogP contribution in [0.5, 0.6) is 0 Å². The molecule has 5 nitrogen and oxygen atoms in total. The molecule has 3 aromatic carbocycles. The fraction of sp³-hybridized carbons (Fsp3) is 0.321. The van der Waals surface area contributed by atoms with Gasteiger partial charge in [0.25, 0.3) is 0 Å². The van der Waals surface area contributed by atoms with Gasteiger partial charge in [-0.1, -0.05) is 61.0 Å². The number of nitrogens with zero attached hydrogens (tertiary/aromatic N) is 1. The van der Waals surface area contributed by atoms with Gasteiger partial charge in [0.05, 0.1) is 25.2 Å². The van der Waals surface area contributed by atoms with Gasteiger partial charge in [-0.15, -0.1) is 0 Å². The molecule has 0 fully saturated rings. The highest BCUT2D eigenvalue weighted by atomic mass is 35.5. The molecule has 3 aromatic rings. The van der Waals surface area contributed by atoms with Gasteiger partial charge in [-0.2, -0.15) is 13.2 Å². The molecule has 0 saturated carbocycles. The van der Waals surface area contributed by atoms with Crippen LogP contribution in [0.2, 0.25) is 5.02 Å². The summed E-state index contributed by atoms with van der Waals surface area (Å²) in [6, 6.07) is 17.7. The molecular formula is C28H29ClF3NO4. The van der Waals surface area contributed by atoms with E-state index in [4.69, 9.17) is 21.1 Å². The van der Waals surface area contributed by atoms with Gasteiger partial charge in [0, 0.05) is 18.1 Å². The molecule has 9 heteroatoms. The third kappa shape index (κ3) is 8.04. The van der Waals surface area contributed by atoms with Crippen LogP contribution in [0.3, 0.4) is 0 Å². The number of carbonyl (C=O) groups is 1. The van der Waals surface area contributed by atoms with Crippen molar-refractivity contribution in [3.8, 4) is 11.1 Å². The lowest BCUT2D eigenvalue weighted by atomic mass is 9.95. The number of halogens is 4. The Morgan fingerprint density at radius 3 is 2.41 bits per heavy atom. The molecule has 0 amide bonds. The molecule has 3 rings (SSSR count).